The lowest BCUT2D eigenvalue weighted by Crippen LogP contribution is -2.50. The molecule has 0 spiro atoms. The number of piperazine rings is 1. The Bertz CT molecular complexity index is 689. The van der Waals surface area contributed by atoms with Gasteiger partial charge in [-0.1, -0.05) is 0 Å². The van der Waals surface area contributed by atoms with Crippen LogP contribution in [0.1, 0.15) is 17.5 Å². The molecule has 2 heterocycles. The van der Waals surface area contributed by atoms with Gasteiger partial charge in [0.1, 0.15) is 11.6 Å². The molecule has 2 aromatic rings. The van der Waals surface area contributed by atoms with Gasteiger partial charge in [0.15, 0.2) is 5.76 Å². The van der Waals surface area contributed by atoms with Crippen LogP contribution in [0.3, 0.4) is 0 Å². The number of hydrogen-bond donors (Lipinski definition) is 1. The quantitative estimate of drug-likeness (QED) is 0.933. The van der Waals surface area contributed by atoms with Crippen LogP contribution in [0.5, 0.6) is 0 Å². The van der Waals surface area contributed by atoms with Crippen molar-refractivity contribution in [3.05, 3.63) is 48.0 Å². The average molecular weight is 332 g/mol. The second kappa shape index (κ2) is 7.15. The lowest BCUT2D eigenvalue weighted by molar-refractivity contribution is 0.0529. The molecule has 1 N–H and O–H groups in total. The Balaban J connectivity index is 1.63. The van der Waals surface area contributed by atoms with E-state index in [9.17, 15) is 14.3 Å². The summed E-state index contributed by atoms with van der Waals surface area (Å²) in [6, 6.07) is 9.35. The van der Waals surface area contributed by atoms with E-state index < -0.39 is 0 Å². The van der Waals surface area contributed by atoms with E-state index in [0.29, 0.717) is 31.2 Å². The van der Waals surface area contributed by atoms with Gasteiger partial charge < -0.3 is 14.4 Å². The number of aliphatic hydroxyl groups excluding tert-OH is 1. The maximum absolute atomic E-state index is 13.0. The molecular weight excluding hydrogens is 311 g/mol. The van der Waals surface area contributed by atoms with Gasteiger partial charge in [-0.2, -0.15) is 0 Å². The summed E-state index contributed by atoms with van der Waals surface area (Å²) in [5, 5.41) is 9.43. The molecule has 6 heteroatoms. The zero-order chi connectivity index (χ0) is 17.1. The maximum atomic E-state index is 13.0. The molecule has 0 saturated carbocycles. The number of carbonyl (C=O) groups is 1. The predicted molar refractivity (Wildman–Crippen MR) is 88.1 cm³/mol. The van der Waals surface area contributed by atoms with Crippen LogP contribution in [-0.2, 0) is 0 Å². The molecule has 1 aromatic heterocycles. The highest BCUT2D eigenvalue weighted by Crippen LogP contribution is 2.23. The number of aliphatic hydroxyl groups is 1. The van der Waals surface area contributed by atoms with Gasteiger partial charge in [-0.15, -0.1) is 0 Å². The van der Waals surface area contributed by atoms with E-state index in [-0.39, 0.29) is 17.8 Å². The summed E-state index contributed by atoms with van der Waals surface area (Å²) in [5.41, 5.74) is 0.734. The second-order valence-electron chi connectivity index (χ2n) is 6.11. The van der Waals surface area contributed by atoms with Crippen molar-refractivity contribution in [1.82, 2.24) is 9.80 Å². The topological polar surface area (TPSA) is 56.9 Å². The van der Waals surface area contributed by atoms with Crippen molar-refractivity contribution in [2.24, 2.45) is 0 Å². The number of amides is 1. The molecule has 128 valence electrons. The summed E-state index contributed by atoms with van der Waals surface area (Å²) >= 11 is 0. The number of nitrogens with zero attached hydrogens (tertiary/aromatic N) is 2. The molecule has 5 nitrogen and oxygen atoms in total. The minimum absolute atomic E-state index is 0.139. The molecule has 3 rings (SSSR count). The zero-order valence-electron chi connectivity index (χ0n) is 13.6. The van der Waals surface area contributed by atoms with Crippen molar-refractivity contribution in [2.45, 2.75) is 13.0 Å². The third-order valence-corrected chi connectivity index (χ3v) is 4.13. The van der Waals surface area contributed by atoms with Crippen LogP contribution in [0.4, 0.5) is 4.39 Å². The lowest BCUT2D eigenvalue weighted by atomic mass is 10.2. The summed E-state index contributed by atoms with van der Waals surface area (Å²) in [4.78, 5) is 16.4. The molecule has 1 saturated heterocycles. The summed E-state index contributed by atoms with van der Waals surface area (Å²) in [6.07, 6.45) is -0.365. The highest BCUT2D eigenvalue weighted by molar-refractivity contribution is 5.92. The number of halogens is 1. The van der Waals surface area contributed by atoms with Gasteiger partial charge in [-0.25, -0.2) is 4.39 Å². The Morgan fingerprint density at radius 3 is 2.46 bits per heavy atom. The fourth-order valence-corrected chi connectivity index (χ4v) is 2.89. The summed E-state index contributed by atoms with van der Waals surface area (Å²) in [6.45, 7) is 5.08. The molecule has 24 heavy (non-hydrogen) atoms. The highest BCUT2D eigenvalue weighted by Gasteiger charge is 2.24. The third kappa shape index (κ3) is 3.83. The predicted octanol–water partition coefficient (Wildman–Crippen LogP) is 2.22. The normalized spacial score (nSPS) is 17.0. The standard InChI is InChI=1S/C18H21FN2O3/c1-13(22)12-20-8-10-21(11-9-20)18(23)17-7-6-16(24-17)14-2-4-15(19)5-3-14/h2-7,13,22H,8-12H2,1H3. The van der Waals surface area contributed by atoms with Gasteiger partial charge in [0.25, 0.3) is 5.91 Å². The SMILES string of the molecule is CC(O)CN1CCN(C(=O)c2ccc(-c3ccc(F)cc3)o2)CC1. The Labute approximate surface area is 140 Å². The van der Waals surface area contributed by atoms with Crippen molar-refractivity contribution < 1.29 is 18.7 Å². The summed E-state index contributed by atoms with van der Waals surface area (Å²) in [5.74, 6) is 0.390. The van der Waals surface area contributed by atoms with Crippen LogP contribution in [0.15, 0.2) is 40.8 Å². The Hall–Kier alpha value is -2.18. The van der Waals surface area contributed by atoms with E-state index in [1.165, 1.54) is 12.1 Å². The molecule has 1 aliphatic heterocycles. The number of β-amino-alcohol motifs (C(OH)–C–C–N with tert-alkyl or cyclic N) is 1. The molecule has 0 bridgehead atoms. The Morgan fingerprint density at radius 2 is 1.83 bits per heavy atom. The smallest absolute Gasteiger partial charge is 0.289 e. The van der Waals surface area contributed by atoms with E-state index in [2.05, 4.69) is 4.90 Å². The number of rotatable bonds is 4. The summed E-state index contributed by atoms with van der Waals surface area (Å²) < 4.78 is 18.6. The fraction of sp³-hybridized carbons (Fsp3) is 0.389. The summed E-state index contributed by atoms with van der Waals surface area (Å²) in [7, 11) is 0. The Kier molecular flexibility index (Phi) is 4.97. The molecule has 0 radical (unpaired) electrons. The second-order valence-corrected chi connectivity index (χ2v) is 6.11. The van der Waals surface area contributed by atoms with Crippen LogP contribution in [-0.4, -0.2) is 59.6 Å². The first-order valence-corrected chi connectivity index (χ1v) is 8.08. The minimum atomic E-state index is -0.365. The average Bonchev–Trinajstić information content (AvgIpc) is 3.05. The van der Waals surface area contributed by atoms with Gasteiger partial charge in [-0.05, 0) is 43.3 Å². The van der Waals surface area contributed by atoms with Gasteiger partial charge in [0.2, 0.25) is 0 Å². The number of hydrogen-bond acceptors (Lipinski definition) is 4. The van der Waals surface area contributed by atoms with Crippen molar-refractivity contribution in [1.29, 1.82) is 0 Å². The van der Waals surface area contributed by atoms with E-state index in [0.717, 1.165) is 18.7 Å². The molecule has 1 aromatic carbocycles. The third-order valence-electron chi connectivity index (χ3n) is 4.13. The first kappa shape index (κ1) is 16.7. The number of benzene rings is 1. The lowest BCUT2D eigenvalue weighted by Gasteiger charge is -2.34. The molecular formula is C18H21FN2O3. The Morgan fingerprint density at radius 1 is 1.17 bits per heavy atom. The molecule has 1 unspecified atom stereocenters. The van der Waals surface area contributed by atoms with Crippen LogP contribution >= 0.6 is 0 Å². The van der Waals surface area contributed by atoms with Gasteiger partial charge in [-0.3, -0.25) is 9.69 Å². The molecule has 0 aliphatic carbocycles. The first-order valence-electron chi connectivity index (χ1n) is 8.08. The molecule has 1 atom stereocenters. The van der Waals surface area contributed by atoms with Gasteiger partial charge in [0, 0.05) is 38.3 Å². The largest absolute Gasteiger partial charge is 0.451 e. The first-order chi connectivity index (χ1) is 11.5. The maximum Gasteiger partial charge on any atom is 0.289 e. The fourth-order valence-electron chi connectivity index (χ4n) is 2.89. The van der Waals surface area contributed by atoms with E-state index in [1.807, 2.05) is 0 Å². The van der Waals surface area contributed by atoms with E-state index >= 15 is 0 Å². The van der Waals surface area contributed by atoms with Crippen LogP contribution in [0, 0.1) is 5.82 Å². The van der Waals surface area contributed by atoms with E-state index in [4.69, 9.17) is 4.42 Å². The van der Waals surface area contributed by atoms with Crippen molar-refractivity contribution in [2.75, 3.05) is 32.7 Å². The van der Waals surface area contributed by atoms with E-state index in [1.54, 1.807) is 36.1 Å². The van der Waals surface area contributed by atoms with Crippen molar-refractivity contribution in [3.63, 3.8) is 0 Å². The van der Waals surface area contributed by atoms with Crippen LogP contribution in [0.2, 0.25) is 0 Å². The van der Waals surface area contributed by atoms with Gasteiger partial charge in [0.05, 0.1) is 6.10 Å². The van der Waals surface area contributed by atoms with Crippen LogP contribution < -0.4 is 0 Å². The van der Waals surface area contributed by atoms with Crippen molar-refractivity contribution in [3.8, 4) is 11.3 Å². The zero-order valence-corrected chi connectivity index (χ0v) is 13.6. The highest BCUT2D eigenvalue weighted by atomic mass is 19.1. The molecule has 1 aliphatic rings. The van der Waals surface area contributed by atoms with Crippen LogP contribution in [0.25, 0.3) is 11.3 Å². The van der Waals surface area contributed by atoms with Crippen molar-refractivity contribution >= 4 is 5.91 Å². The molecule has 1 amide bonds. The number of carbonyl (C=O) groups excluding carboxylic acids is 1. The minimum Gasteiger partial charge on any atom is -0.451 e. The molecule has 1 fully saturated rings. The van der Waals surface area contributed by atoms with Gasteiger partial charge >= 0.3 is 0 Å². The monoisotopic (exact) mass is 332 g/mol. The number of furan rings is 1.